The van der Waals surface area contributed by atoms with Gasteiger partial charge in [0.05, 0.1) is 6.61 Å². The van der Waals surface area contributed by atoms with E-state index in [1.165, 1.54) is 0 Å². The lowest BCUT2D eigenvalue weighted by Crippen LogP contribution is -2.06. The Labute approximate surface area is 73.9 Å². The Balaban J connectivity index is 3.65. The van der Waals surface area contributed by atoms with E-state index >= 15 is 0 Å². The second kappa shape index (κ2) is 5.58. The van der Waals surface area contributed by atoms with E-state index in [0.29, 0.717) is 12.2 Å². The number of ether oxygens (including phenoxy) is 1. The van der Waals surface area contributed by atoms with Crippen molar-refractivity contribution < 1.29 is 9.53 Å². The molecule has 2 nitrogen and oxygen atoms in total. The van der Waals surface area contributed by atoms with Crippen LogP contribution in [-0.4, -0.2) is 12.6 Å². The summed E-state index contributed by atoms with van der Waals surface area (Å²) in [7, 11) is 0. The molecule has 0 aromatic rings. The fourth-order valence-electron chi connectivity index (χ4n) is 0.550. The molecule has 12 heavy (non-hydrogen) atoms. The van der Waals surface area contributed by atoms with Gasteiger partial charge in [0.1, 0.15) is 0 Å². The fraction of sp³-hybridized carbons (Fsp3) is 0.500. The molecule has 2 heteroatoms. The second-order valence-corrected chi connectivity index (χ2v) is 2.81. The Bertz CT molecular complexity index is 202. The maximum atomic E-state index is 11.0. The van der Waals surface area contributed by atoms with Crippen molar-refractivity contribution in [3.05, 3.63) is 23.8 Å². The maximum Gasteiger partial charge on any atom is 0.333 e. The van der Waals surface area contributed by atoms with Crippen molar-refractivity contribution >= 4 is 5.97 Å². The van der Waals surface area contributed by atoms with E-state index in [9.17, 15) is 4.79 Å². The van der Waals surface area contributed by atoms with E-state index in [1.54, 1.807) is 13.0 Å². The van der Waals surface area contributed by atoms with Crippen LogP contribution < -0.4 is 0 Å². The molecule has 0 bridgehead atoms. The summed E-state index contributed by atoms with van der Waals surface area (Å²) >= 11 is 0. The highest BCUT2D eigenvalue weighted by Gasteiger charge is 2.02. The molecule has 0 saturated heterocycles. The number of hydrogen-bond donors (Lipinski definition) is 0. The minimum atomic E-state index is -0.237. The molecular formula is C10H16O2. The lowest BCUT2D eigenvalue weighted by atomic mass is 10.2. The summed E-state index contributed by atoms with van der Waals surface area (Å²) in [5, 5.41) is 0. The van der Waals surface area contributed by atoms with Gasteiger partial charge in [-0.2, -0.15) is 0 Å². The predicted octanol–water partition coefficient (Wildman–Crippen LogP) is 2.46. The van der Waals surface area contributed by atoms with Gasteiger partial charge in [-0.1, -0.05) is 11.6 Å². The number of esters is 1. The molecule has 0 radical (unpaired) electrons. The molecular weight excluding hydrogens is 152 g/mol. The first-order valence-corrected chi connectivity index (χ1v) is 4.02. The quantitative estimate of drug-likeness (QED) is 0.366. The van der Waals surface area contributed by atoms with Gasteiger partial charge in [0.15, 0.2) is 0 Å². The van der Waals surface area contributed by atoms with Crippen molar-refractivity contribution in [2.75, 3.05) is 6.61 Å². The van der Waals surface area contributed by atoms with Gasteiger partial charge in [-0.3, -0.25) is 0 Å². The molecule has 0 heterocycles. The Morgan fingerprint density at radius 2 is 2.08 bits per heavy atom. The number of carbonyl (C=O) groups excluding carboxylic acids is 1. The maximum absolute atomic E-state index is 11.0. The van der Waals surface area contributed by atoms with Gasteiger partial charge in [-0.05, 0) is 20.8 Å². The monoisotopic (exact) mass is 168 g/mol. The van der Waals surface area contributed by atoms with Crippen molar-refractivity contribution in [3.8, 4) is 0 Å². The third-order valence-electron chi connectivity index (χ3n) is 1.52. The average molecular weight is 168 g/mol. The van der Waals surface area contributed by atoms with Crippen LogP contribution in [0.15, 0.2) is 23.8 Å². The standard InChI is InChI=1S/C10H16O2/c1-5-9(4)10(11)12-7-6-8(2)3/h5H,2,6-7H2,1,3-4H3. The summed E-state index contributed by atoms with van der Waals surface area (Å²) in [5.74, 6) is -0.237. The van der Waals surface area contributed by atoms with E-state index in [-0.39, 0.29) is 5.97 Å². The predicted molar refractivity (Wildman–Crippen MR) is 49.8 cm³/mol. The fourth-order valence-corrected chi connectivity index (χ4v) is 0.550. The highest BCUT2D eigenvalue weighted by molar-refractivity contribution is 5.87. The molecule has 0 saturated carbocycles. The first-order chi connectivity index (χ1) is 5.57. The summed E-state index contributed by atoms with van der Waals surface area (Å²) in [6.07, 6.45) is 2.48. The van der Waals surface area contributed by atoms with Gasteiger partial charge in [-0.25, -0.2) is 4.79 Å². The first kappa shape index (κ1) is 11.0. The molecule has 0 aromatic carbocycles. The van der Waals surface area contributed by atoms with Crippen molar-refractivity contribution in [1.82, 2.24) is 0 Å². The van der Waals surface area contributed by atoms with Crippen LogP contribution in [0.3, 0.4) is 0 Å². The highest BCUT2D eigenvalue weighted by Crippen LogP contribution is 1.99. The van der Waals surface area contributed by atoms with E-state index < -0.39 is 0 Å². The Kier molecular flexibility index (Phi) is 5.09. The van der Waals surface area contributed by atoms with Gasteiger partial charge < -0.3 is 4.74 Å². The summed E-state index contributed by atoms with van der Waals surface area (Å²) in [4.78, 5) is 11.0. The molecule has 0 amide bonds. The van der Waals surface area contributed by atoms with E-state index in [0.717, 1.165) is 12.0 Å². The number of rotatable bonds is 4. The van der Waals surface area contributed by atoms with Crippen LogP contribution in [0, 0.1) is 0 Å². The minimum Gasteiger partial charge on any atom is -0.462 e. The van der Waals surface area contributed by atoms with Crippen LogP contribution in [0.25, 0.3) is 0 Å². The van der Waals surface area contributed by atoms with Gasteiger partial charge in [0.2, 0.25) is 0 Å². The van der Waals surface area contributed by atoms with E-state index in [1.807, 2.05) is 13.8 Å². The molecule has 0 fully saturated rings. The molecule has 0 unspecified atom stereocenters. The largest absolute Gasteiger partial charge is 0.462 e. The number of allylic oxidation sites excluding steroid dienone is 1. The van der Waals surface area contributed by atoms with Crippen LogP contribution in [-0.2, 0) is 9.53 Å². The summed E-state index contributed by atoms with van der Waals surface area (Å²) in [5.41, 5.74) is 1.68. The van der Waals surface area contributed by atoms with Gasteiger partial charge in [0, 0.05) is 12.0 Å². The van der Waals surface area contributed by atoms with Crippen LogP contribution in [0.4, 0.5) is 0 Å². The molecule has 0 aliphatic heterocycles. The van der Waals surface area contributed by atoms with E-state index in [2.05, 4.69) is 6.58 Å². The number of hydrogen-bond acceptors (Lipinski definition) is 2. The molecule has 0 spiro atoms. The minimum absolute atomic E-state index is 0.237. The van der Waals surface area contributed by atoms with Crippen LogP contribution in [0.2, 0.25) is 0 Å². The topological polar surface area (TPSA) is 26.3 Å². The SMILES string of the molecule is C=C(C)CCOC(=O)C(C)=CC. The van der Waals surface area contributed by atoms with Crippen molar-refractivity contribution in [2.24, 2.45) is 0 Å². The van der Waals surface area contributed by atoms with Crippen LogP contribution in [0.5, 0.6) is 0 Å². The summed E-state index contributed by atoms with van der Waals surface area (Å²) in [6.45, 7) is 9.61. The van der Waals surface area contributed by atoms with Gasteiger partial charge in [-0.15, -0.1) is 6.58 Å². The Hall–Kier alpha value is -1.05. The lowest BCUT2D eigenvalue weighted by Gasteiger charge is -2.03. The molecule has 0 aliphatic carbocycles. The Morgan fingerprint density at radius 1 is 1.50 bits per heavy atom. The third-order valence-corrected chi connectivity index (χ3v) is 1.52. The van der Waals surface area contributed by atoms with E-state index in [4.69, 9.17) is 4.74 Å². The first-order valence-electron chi connectivity index (χ1n) is 4.02. The second-order valence-electron chi connectivity index (χ2n) is 2.81. The zero-order valence-corrected chi connectivity index (χ0v) is 8.02. The molecule has 0 aromatic heterocycles. The summed E-state index contributed by atoms with van der Waals surface area (Å²) < 4.78 is 4.94. The third kappa shape index (κ3) is 4.72. The van der Waals surface area contributed by atoms with Crippen LogP contribution in [0.1, 0.15) is 27.2 Å². The van der Waals surface area contributed by atoms with Crippen molar-refractivity contribution in [3.63, 3.8) is 0 Å². The molecule has 0 atom stereocenters. The zero-order chi connectivity index (χ0) is 9.56. The van der Waals surface area contributed by atoms with Gasteiger partial charge in [0.25, 0.3) is 0 Å². The lowest BCUT2D eigenvalue weighted by molar-refractivity contribution is -0.138. The van der Waals surface area contributed by atoms with Crippen LogP contribution >= 0.6 is 0 Å². The normalized spacial score (nSPS) is 11.1. The average Bonchev–Trinajstić information content (AvgIpc) is 2.02. The molecule has 0 rings (SSSR count). The molecule has 68 valence electrons. The Morgan fingerprint density at radius 3 is 2.50 bits per heavy atom. The highest BCUT2D eigenvalue weighted by atomic mass is 16.5. The molecule has 0 N–H and O–H groups in total. The zero-order valence-electron chi connectivity index (χ0n) is 8.02. The van der Waals surface area contributed by atoms with Gasteiger partial charge >= 0.3 is 5.97 Å². The van der Waals surface area contributed by atoms with Crippen molar-refractivity contribution in [2.45, 2.75) is 27.2 Å². The molecule has 0 aliphatic rings. The van der Waals surface area contributed by atoms with Crippen molar-refractivity contribution in [1.29, 1.82) is 0 Å². The summed E-state index contributed by atoms with van der Waals surface area (Å²) in [6, 6.07) is 0. The number of carbonyl (C=O) groups is 1. The smallest absolute Gasteiger partial charge is 0.333 e.